The predicted molar refractivity (Wildman–Crippen MR) is 59.2 cm³/mol. The van der Waals surface area contributed by atoms with Crippen LogP contribution in [0, 0.1) is 0 Å². The highest BCUT2D eigenvalue weighted by Crippen LogP contribution is 2.19. The lowest BCUT2D eigenvalue weighted by Gasteiger charge is -2.06. The minimum Gasteiger partial charge on any atom is -0.380 e. The maximum absolute atomic E-state index is 9.94. The molecule has 1 atom stereocenters. The van der Waals surface area contributed by atoms with Gasteiger partial charge in [-0.25, -0.2) is 0 Å². The van der Waals surface area contributed by atoms with Gasteiger partial charge in [0.05, 0.1) is 11.4 Å². The van der Waals surface area contributed by atoms with Gasteiger partial charge in [-0.3, -0.25) is 9.67 Å². The second-order valence-corrected chi connectivity index (χ2v) is 4.13. The summed E-state index contributed by atoms with van der Waals surface area (Å²) < 4.78 is 2.54. The number of hydrogen-bond acceptors (Lipinski definition) is 3. The molecular weight excluding hydrogens is 258 g/mol. The molecule has 1 unspecified atom stereocenters. The lowest BCUT2D eigenvalue weighted by molar-refractivity contribution is 0.209. The van der Waals surface area contributed by atoms with E-state index >= 15 is 0 Å². The number of hydrogen-bond donors (Lipinski definition) is 1. The first-order valence-electron chi connectivity index (χ1n) is 4.46. The molecule has 2 aromatic heterocycles. The molecule has 5 heteroatoms. The third-order valence-electron chi connectivity index (χ3n) is 2.04. The third-order valence-corrected chi connectivity index (χ3v) is 2.51. The molecule has 0 saturated heterocycles. The largest absolute Gasteiger partial charge is 0.380 e. The van der Waals surface area contributed by atoms with Gasteiger partial charge in [0.1, 0.15) is 6.10 Å². The average molecular weight is 268 g/mol. The van der Waals surface area contributed by atoms with E-state index in [1.54, 1.807) is 29.2 Å². The lowest BCUT2D eigenvalue weighted by atomic mass is 10.2. The van der Waals surface area contributed by atoms with Crippen molar-refractivity contribution >= 4 is 15.9 Å². The van der Waals surface area contributed by atoms with Crippen LogP contribution in [0.2, 0.25) is 0 Å². The first kappa shape index (κ1) is 10.3. The summed E-state index contributed by atoms with van der Waals surface area (Å²) in [7, 11) is 1.81. The molecule has 0 spiro atoms. The zero-order chi connectivity index (χ0) is 10.8. The summed E-state index contributed by atoms with van der Waals surface area (Å²) >= 11 is 3.29. The molecule has 0 aliphatic rings. The Morgan fingerprint density at radius 1 is 1.33 bits per heavy atom. The van der Waals surface area contributed by atoms with Gasteiger partial charge in [0.2, 0.25) is 0 Å². The smallest absolute Gasteiger partial charge is 0.140 e. The number of aryl methyl sites for hydroxylation is 1. The quantitative estimate of drug-likeness (QED) is 0.901. The van der Waals surface area contributed by atoms with Crippen molar-refractivity contribution in [2.24, 2.45) is 7.05 Å². The molecule has 2 rings (SSSR count). The highest BCUT2D eigenvalue weighted by atomic mass is 79.9. The molecule has 0 fully saturated rings. The standard InChI is InChI=1S/C10H10BrN3O/c1-14-5-4-9(13-14)10(15)8-3-2-7(11)6-12-8/h2-6,10,15H,1H3. The molecule has 0 aromatic carbocycles. The van der Waals surface area contributed by atoms with E-state index in [0.717, 1.165) is 4.47 Å². The Morgan fingerprint density at radius 2 is 2.13 bits per heavy atom. The second kappa shape index (κ2) is 4.12. The number of aliphatic hydroxyl groups excluding tert-OH is 1. The number of rotatable bonds is 2. The van der Waals surface area contributed by atoms with Gasteiger partial charge in [-0.05, 0) is 34.1 Å². The third kappa shape index (κ3) is 2.24. The van der Waals surface area contributed by atoms with Crippen molar-refractivity contribution in [3.05, 3.63) is 46.5 Å². The second-order valence-electron chi connectivity index (χ2n) is 3.22. The fraction of sp³-hybridized carbons (Fsp3) is 0.200. The highest BCUT2D eigenvalue weighted by molar-refractivity contribution is 9.10. The van der Waals surface area contributed by atoms with Crippen LogP contribution < -0.4 is 0 Å². The summed E-state index contributed by atoms with van der Waals surface area (Å²) in [6.07, 6.45) is 2.68. The molecule has 1 N–H and O–H groups in total. The lowest BCUT2D eigenvalue weighted by Crippen LogP contribution is -2.03. The van der Waals surface area contributed by atoms with E-state index in [1.165, 1.54) is 0 Å². The SMILES string of the molecule is Cn1ccc(C(O)c2ccc(Br)cn2)n1. The van der Waals surface area contributed by atoms with E-state index in [0.29, 0.717) is 11.4 Å². The monoisotopic (exact) mass is 267 g/mol. The van der Waals surface area contributed by atoms with Crippen molar-refractivity contribution in [1.29, 1.82) is 0 Å². The molecular formula is C10H10BrN3O. The van der Waals surface area contributed by atoms with Gasteiger partial charge < -0.3 is 5.11 Å². The minimum atomic E-state index is -0.765. The topological polar surface area (TPSA) is 50.9 Å². The number of aliphatic hydroxyl groups is 1. The van der Waals surface area contributed by atoms with Gasteiger partial charge in [-0.2, -0.15) is 5.10 Å². The van der Waals surface area contributed by atoms with Gasteiger partial charge in [-0.1, -0.05) is 0 Å². The average Bonchev–Trinajstić information content (AvgIpc) is 2.65. The summed E-state index contributed by atoms with van der Waals surface area (Å²) in [5.74, 6) is 0. The van der Waals surface area contributed by atoms with E-state index in [4.69, 9.17) is 0 Å². The zero-order valence-electron chi connectivity index (χ0n) is 8.13. The Labute approximate surface area is 95.7 Å². The van der Waals surface area contributed by atoms with Crippen molar-refractivity contribution < 1.29 is 5.11 Å². The van der Waals surface area contributed by atoms with Crippen LogP contribution in [0.1, 0.15) is 17.5 Å². The molecule has 4 nitrogen and oxygen atoms in total. The summed E-state index contributed by atoms with van der Waals surface area (Å²) in [5, 5.41) is 14.1. The molecule has 78 valence electrons. The van der Waals surface area contributed by atoms with Gasteiger partial charge in [0.15, 0.2) is 0 Å². The van der Waals surface area contributed by atoms with Crippen LogP contribution >= 0.6 is 15.9 Å². The van der Waals surface area contributed by atoms with E-state index in [1.807, 2.05) is 13.1 Å². The molecule has 0 aliphatic heterocycles. The Morgan fingerprint density at radius 3 is 2.67 bits per heavy atom. The molecule has 0 radical (unpaired) electrons. The van der Waals surface area contributed by atoms with Gasteiger partial charge >= 0.3 is 0 Å². The van der Waals surface area contributed by atoms with Crippen LogP contribution in [0.3, 0.4) is 0 Å². The predicted octanol–water partition coefficient (Wildman–Crippen LogP) is 1.66. The molecule has 0 aliphatic carbocycles. The number of aromatic nitrogens is 3. The minimum absolute atomic E-state index is 0.594. The van der Waals surface area contributed by atoms with Crippen LogP contribution in [0.25, 0.3) is 0 Å². The molecule has 2 heterocycles. The molecule has 15 heavy (non-hydrogen) atoms. The Bertz CT molecular complexity index is 452. The molecule has 0 saturated carbocycles. The van der Waals surface area contributed by atoms with Crippen molar-refractivity contribution in [3.63, 3.8) is 0 Å². The van der Waals surface area contributed by atoms with E-state index in [2.05, 4.69) is 26.0 Å². The number of halogens is 1. The Hall–Kier alpha value is -1.20. The maximum Gasteiger partial charge on any atom is 0.140 e. The molecule has 2 aromatic rings. The number of nitrogens with zero attached hydrogens (tertiary/aromatic N) is 3. The Kier molecular flexibility index (Phi) is 2.83. The summed E-state index contributed by atoms with van der Waals surface area (Å²) in [4.78, 5) is 4.12. The van der Waals surface area contributed by atoms with Crippen molar-refractivity contribution in [2.45, 2.75) is 6.10 Å². The van der Waals surface area contributed by atoms with Gasteiger partial charge in [0.25, 0.3) is 0 Å². The highest BCUT2D eigenvalue weighted by Gasteiger charge is 2.13. The van der Waals surface area contributed by atoms with Crippen LogP contribution in [0.4, 0.5) is 0 Å². The molecule has 0 amide bonds. The van der Waals surface area contributed by atoms with E-state index in [9.17, 15) is 5.11 Å². The number of pyridine rings is 1. The summed E-state index contributed by atoms with van der Waals surface area (Å²) in [6.45, 7) is 0. The fourth-order valence-electron chi connectivity index (χ4n) is 1.28. The van der Waals surface area contributed by atoms with Crippen molar-refractivity contribution in [3.8, 4) is 0 Å². The maximum atomic E-state index is 9.94. The molecule has 0 bridgehead atoms. The van der Waals surface area contributed by atoms with Crippen LogP contribution in [-0.4, -0.2) is 19.9 Å². The van der Waals surface area contributed by atoms with Crippen molar-refractivity contribution in [1.82, 2.24) is 14.8 Å². The zero-order valence-corrected chi connectivity index (χ0v) is 9.72. The summed E-state index contributed by atoms with van der Waals surface area (Å²) in [5.41, 5.74) is 1.20. The van der Waals surface area contributed by atoms with Gasteiger partial charge in [-0.15, -0.1) is 0 Å². The first-order chi connectivity index (χ1) is 7.16. The van der Waals surface area contributed by atoms with E-state index in [-0.39, 0.29) is 0 Å². The van der Waals surface area contributed by atoms with Crippen LogP contribution in [0.15, 0.2) is 35.1 Å². The first-order valence-corrected chi connectivity index (χ1v) is 5.25. The van der Waals surface area contributed by atoms with Crippen LogP contribution in [0.5, 0.6) is 0 Å². The summed E-state index contributed by atoms with van der Waals surface area (Å²) in [6, 6.07) is 5.38. The Balaban J connectivity index is 2.28. The van der Waals surface area contributed by atoms with E-state index < -0.39 is 6.10 Å². The van der Waals surface area contributed by atoms with Gasteiger partial charge in [0, 0.05) is 23.9 Å². The van der Waals surface area contributed by atoms with Crippen LogP contribution in [-0.2, 0) is 7.05 Å². The fourth-order valence-corrected chi connectivity index (χ4v) is 1.51. The normalized spacial score (nSPS) is 12.7. The van der Waals surface area contributed by atoms with Crippen molar-refractivity contribution in [2.75, 3.05) is 0 Å².